The van der Waals surface area contributed by atoms with Gasteiger partial charge in [-0.15, -0.1) is 0 Å². The Labute approximate surface area is 119 Å². The van der Waals surface area contributed by atoms with Crippen molar-refractivity contribution in [1.82, 2.24) is 0 Å². The van der Waals surface area contributed by atoms with Crippen LogP contribution in [0.5, 0.6) is 0 Å². The van der Waals surface area contributed by atoms with E-state index in [1.807, 2.05) is 6.08 Å². The van der Waals surface area contributed by atoms with E-state index in [4.69, 9.17) is 0 Å². The zero-order valence-electron chi connectivity index (χ0n) is 9.50. The van der Waals surface area contributed by atoms with Crippen LogP contribution in [-0.4, -0.2) is 0 Å². The lowest BCUT2D eigenvalue weighted by atomic mass is 9.96. The van der Waals surface area contributed by atoms with Crippen LogP contribution in [0.15, 0.2) is 51.9 Å². The Morgan fingerprint density at radius 2 is 1.53 bits per heavy atom. The SMILES string of the molecule is C=Cc1cc(Br)ccc1-c1ccc(Br)cc1C. The molecule has 0 radical (unpaired) electrons. The van der Waals surface area contributed by atoms with Gasteiger partial charge in [0.05, 0.1) is 0 Å². The van der Waals surface area contributed by atoms with Gasteiger partial charge in [0.1, 0.15) is 0 Å². The van der Waals surface area contributed by atoms with Crippen LogP contribution in [0.2, 0.25) is 0 Å². The first kappa shape index (κ1) is 12.6. The fourth-order valence-electron chi connectivity index (χ4n) is 1.88. The van der Waals surface area contributed by atoms with Crippen molar-refractivity contribution in [2.75, 3.05) is 0 Å². The molecule has 0 atom stereocenters. The average molecular weight is 352 g/mol. The van der Waals surface area contributed by atoms with E-state index < -0.39 is 0 Å². The Hall–Kier alpha value is -0.860. The maximum atomic E-state index is 3.88. The highest BCUT2D eigenvalue weighted by molar-refractivity contribution is 9.10. The minimum Gasteiger partial charge on any atom is -0.0984 e. The molecule has 0 nitrogen and oxygen atoms in total. The summed E-state index contributed by atoms with van der Waals surface area (Å²) in [7, 11) is 0. The van der Waals surface area contributed by atoms with Crippen LogP contribution in [0.4, 0.5) is 0 Å². The Balaban J connectivity index is 2.63. The number of rotatable bonds is 2. The molecule has 0 N–H and O–H groups in total. The van der Waals surface area contributed by atoms with E-state index >= 15 is 0 Å². The van der Waals surface area contributed by atoms with Gasteiger partial charge < -0.3 is 0 Å². The summed E-state index contributed by atoms with van der Waals surface area (Å²) in [5.41, 5.74) is 4.86. The predicted molar refractivity (Wildman–Crippen MR) is 82.1 cm³/mol. The molecule has 17 heavy (non-hydrogen) atoms. The molecule has 0 aliphatic heterocycles. The van der Waals surface area contributed by atoms with Crippen LogP contribution >= 0.6 is 31.9 Å². The van der Waals surface area contributed by atoms with Gasteiger partial charge in [0.2, 0.25) is 0 Å². The fourth-order valence-corrected chi connectivity index (χ4v) is 2.73. The van der Waals surface area contributed by atoms with Gasteiger partial charge in [-0.2, -0.15) is 0 Å². The summed E-state index contributed by atoms with van der Waals surface area (Å²) in [5, 5.41) is 0. The second kappa shape index (κ2) is 5.19. The molecular formula is C15H12Br2. The standard InChI is InChI=1S/C15H12Br2/c1-3-11-9-13(17)5-7-15(11)14-6-4-12(16)8-10(14)2/h3-9H,1H2,2H3. The first-order valence-electron chi connectivity index (χ1n) is 5.30. The van der Waals surface area contributed by atoms with Crippen LogP contribution in [0, 0.1) is 6.92 Å². The van der Waals surface area contributed by atoms with E-state index in [9.17, 15) is 0 Å². The molecule has 0 aliphatic carbocycles. The van der Waals surface area contributed by atoms with Crippen molar-refractivity contribution in [3.8, 4) is 11.1 Å². The van der Waals surface area contributed by atoms with Crippen molar-refractivity contribution in [3.05, 3.63) is 63.0 Å². The largest absolute Gasteiger partial charge is 0.0984 e. The molecule has 0 aromatic heterocycles. The molecule has 0 unspecified atom stereocenters. The van der Waals surface area contributed by atoms with Crippen molar-refractivity contribution >= 4 is 37.9 Å². The van der Waals surface area contributed by atoms with Crippen LogP contribution in [0.25, 0.3) is 17.2 Å². The Morgan fingerprint density at radius 1 is 0.941 bits per heavy atom. The van der Waals surface area contributed by atoms with Crippen LogP contribution in [-0.2, 0) is 0 Å². The number of aryl methyl sites for hydroxylation is 1. The van der Waals surface area contributed by atoms with Crippen LogP contribution in [0.3, 0.4) is 0 Å². The lowest BCUT2D eigenvalue weighted by Crippen LogP contribution is -1.87. The predicted octanol–water partition coefficient (Wildman–Crippen LogP) is 5.83. The summed E-state index contributed by atoms with van der Waals surface area (Å²) in [6.45, 7) is 6.00. The molecule has 0 bridgehead atoms. The summed E-state index contributed by atoms with van der Waals surface area (Å²) in [6, 6.07) is 12.6. The molecular weight excluding hydrogens is 340 g/mol. The van der Waals surface area contributed by atoms with E-state index in [2.05, 4.69) is 81.8 Å². The quantitative estimate of drug-likeness (QED) is 0.638. The molecule has 2 aromatic carbocycles. The maximum Gasteiger partial charge on any atom is 0.0181 e. The molecule has 0 spiro atoms. The Morgan fingerprint density at radius 3 is 2.12 bits per heavy atom. The summed E-state index contributed by atoms with van der Waals surface area (Å²) in [4.78, 5) is 0. The third-order valence-electron chi connectivity index (χ3n) is 2.71. The average Bonchev–Trinajstić information content (AvgIpc) is 2.30. The molecule has 2 aromatic rings. The van der Waals surface area contributed by atoms with Gasteiger partial charge in [-0.25, -0.2) is 0 Å². The van der Waals surface area contributed by atoms with Crippen LogP contribution in [0.1, 0.15) is 11.1 Å². The van der Waals surface area contributed by atoms with Gasteiger partial charge in [0, 0.05) is 8.95 Å². The third kappa shape index (κ3) is 2.70. The number of halogens is 2. The first-order chi connectivity index (χ1) is 8.11. The number of hydrogen-bond acceptors (Lipinski definition) is 0. The van der Waals surface area contributed by atoms with Gasteiger partial charge in [-0.3, -0.25) is 0 Å². The van der Waals surface area contributed by atoms with Crippen LogP contribution < -0.4 is 0 Å². The van der Waals surface area contributed by atoms with Crippen molar-refractivity contribution in [1.29, 1.82) is 0 Å². The van der Waals surface area contributed by atoms with Crippen molar-refractivity contribution in [3.63, 3.8) is 0 Å². The molecule has 2 heteroatoms. The van der Waals surface area contributed by atoms with Crippen molar-refractivity contribution in [2.24, 2.45) is 0 Å². The lowest BCUT2D eigenvalue weighted by molar-refractivity contribution is 1.43. The molecule has 0 amide bonds. The number of benzene rings is 2. The maximum absolute atomic E-state index is 3.88. The van der Waals surface area contributed by atoms with Gasteiger partial charge >= 0.3 is 0 Å². The highest BCUT2D eigenvalue weighted by atomic mass is 79.9. The minimum absolute atomic E-state index is 1.07. The molecule has 2 rings (SSSR count). The van der Waals surface area contributed by atoms with E-state index in [1.165, 1.54) is 16.7 Å². The summed E-state index contributed by atoms with van der Waals surface area (Å²) < 4.78 is 2.18. The van der Waals surface area contributed by atoms with Gasteiger partial charge in [-0.1, -0.05) is 56.6 Å². The zero-order valence-corrected chi connectivity index (χ0v) is 12.7. The van der Waals surface area contributed by atoms with Gasteiger partial charge in [-0.05, 0) is 53.4 Å². The van der Waals surface area contributed by atoms with Crippen molar-refractivity contribution < 1.29 is 0 Å². The smallest absolute Gasteiger partial charge is 0.0181 e. The Kier molecular flexibility index (Phi) is 3.85. The summed E-state index contributed by atoms with van der Waals surface area (Å²) in [6.07, 6.45) is 1.89. The summed E-state index contributed by atoms with van der Waals surface area (Å²) in [5.74, 6) is 0. The van der Waals surface area contributed by atoms with Crippen molar-refractivity contribution in [2.45, 2.75) is 6.92 Å². The minimum atomic E-state index is 1.07. The molecule has 0 saturated heterocycles. The highest BCUT2D eigenvalue weighted by Crippen LogP contribution is 2.31. The third-order valence-corrected chi connectivity index (χ3v) is 3.70. The normalized spacial score (nSPS) is 10.3. The first-order valence-corrected chi connectivity index (χ1v) is 6.89. The monoisotopic (exact) mass is 350 g/mol. The molecule has 0 fully saturated rings. The zero-order chi connectivity index (χ0) is 12.4. The summed E-state index contributed by atoms with van der Waals surface area (Å²) >= 11 is 6.97. The van der Waals surface area contributed by atoms with E-state index in [-0.39, 0.29) is 0 Å². The van der Waals surface area contributed by atoms with E-state index in [1.54, 1.807) is 0 Å². The van der Waals surface area contributed by atoms with Gasteiger partial charge in [0.15, 0.2) is 0 Å². The second-order valence-corrected chi connectivity index (χ2v) is 5.73. The molecule has 0 aliphatic rings. The fraction of sp³-hybridized carbons (Fsp3) is 0.0667. The highest BCUT2D eigenvalue weighted by Gasteiger charge is 2.06. The Bertz CT molecular complexity index is 571. The van der Waals surface area contributed by atoms with E-state index in [0.29, 0.717) is 0 Å². The molecule has 0 heterocycles. The molecule has 0 saturated carbocycles. The van der Waals surface area contributed by atoms with E-state index in [0.717, 1.165) is 14.5 Å². The lowest BCUT2D eigenvalue weighted by Gasteiger charge is -2.10. The topological polar surface area (TPSA) is 0 Å². The number of hydrogen-bond donors (Lipinski definition) is 0. The molecule has 86 valence electrons. The second-order valence-electron chi connectivity index (χ2n) is 3.89. The van der Waals surface area contributed by atoms with Gasteiger partial charge in [0.25, 0.3) is 0 Å².